The molecule has 3 aromatic rings. The van der Waals surface area contributed by atoms with Gasteiger partial charge in [-0.2, -0.15) is 0 Å². The van der Waals surface area contributed by atoms with Crippen molar-refractivity contribution < 1.29 is 19.5 Å². The van der Waals surface area contributed by atoms with Crippen molar-refractivity contribution in [2.24, 2.45) is 5.16 Å². The van der Waals surface area contributed by atoms with Gasteiger partial charge in [0.2, 0.25) is 0 Å². The largest absolute Gasteiger partial charge is 0.366 e. The van der Waals surface area contributed by atoms with Gasteiger partial charge in [0.25, 0.3) is 11.4 Å². The van der Waals surface area contributed by atoms with E-state index < -0.39 is 27.2 Å². The van der Waals surface area contributed by atoms with Crippen molar-refractivity contribution in [3.63, 3.8) is 0 Å². The zero-order valence-corrected chi connectivity index (χ0v) is 14.7. The van der Waals surface area contributed by atoms with E-state index in [1.165, 1.54) is 0 Å². The number of oxime groups is 1. The third kappa shape index (κ3) is 4.63. The van der Waals surface area contributed by atoms with Crippen LogP contribution >= 0.6 is 0 Å². The number of pyridine rings is 1. The van der Waals surface area contributed by atoms with E-state index in [4.69, 9.17) is 4.84 Å². The summed E-state index contributed by atoms with van der Waals surface area (Å²) < 4.78 is 0. The van der Waals surface area contributed by atoms with Crippen LogP contribution in [0, 0.1) is 20.2 Å². The van der Waals surface area contributed by atoms with E-state index in [2.05, 4.69) is 10.1 Å². The molecule has 0 bridgehead atoms. The van der Waals surface area contributed by atoms with Gasteiger partial charge in [0, 0.05) is 35.7 Å². The highest BCUT2D eigenvalue weighted by Gasteiger charge is 2.21. The maximum Gasteiger partial charge on any atom is 0.366 e. The van der Waals surface area contributed by atoms with E-state index in [0.717, 1.165) is 18.2 Å². The van der Waals surface area contributed by atoms with Crippen LogP contribution in [0.1, 0.15) is 21.5 Å². The Morgan fingerprint density at radius 3 is 1.93 bits per heavy atom. The number of benzene rings is 2. The summed E-state index contributed by atoms with van der Waals surface area (Å²) in [4.78, 5) is 41.6. The molecule has 0 N–H and O–H groups in total. The van der Waals surface area contributed by atoms with Gasteiger partial charge in [-0.15, -0.1) is 0 Å². The molecule has 1 heterocycles. The highest BCUT2D eigenvalue weighted by Crippen LogP contribution is 2.23. The van der Waals surface area contributed by atoms with E-state index in [9.17, 15) is 25.0 Å². The zero-order valence-electron chi connectivity index (χ0n) is 14.7. The molecule has 10 heteroatoms. The summed E-state index contributed by atoms with van der Waals surface area (Å²) in [5.74, 6) is -1.07. The molecule has 3 rings (SSSR count). The number of aromatic nitrogens is 1. The average Bonchev–Trinajstić information content (AvgIpc) is 2.75. The molecular formula is C19H12N4O6. The molecule has 29 heavy (non-hydrogen) atoms. The Labute approximate surface area is 163 Å². The quantitative estimate of drug-likeness (QED) is 0.271. The van der Waals surface area contributed by atoms with Gasteiger partial charge in [0.05, 0.1) is 21.5 Å². The van der Waals surface area contributed by atoms with E-state index in [1.807, 2.05) is 6.07 Å². The Balaban J connectivity index is 1.97. The highest BCUT2D eigenvalue weighted by atomic mass is 16.7. The van der Waals surface area contributed by atoms with Crippen LogP contribution in [-0.4, -0.2) is 26.5 Å². The van der Waals surface area contributed by atoms with Gasteiger partial charge in [-0.25, -0.2) is 4.79 Å². The smallest absolute Gasteiger partial charge is 0.312 e. The fourth-order valence-corrected chi connectivity index (χ4v) is 2.44. The molecule has 0 fully saturated rings. The maximum atomic E-state index is 12.4. The third-order valence-corrected chi connectivity index (χ3v) is 3.78. The van der Waals surface area contributed by atoms with Crippen LogP contribution in [-0.2, 0) is 4.84 Å². The molecule has 0 unspecified atom stereocenters. The van der Waals surface area contributed by atoms with Crippen molar-refractivity contribution in [3.05, 3.63) is 110 Å². The normalized spacial score (nSPS) is 11.0. The number of nitro benzene ring substituents is 2. The molecule has 0 radical (unpaired) electrons. The number of hydrogen-bond donors (Lipinski definition) is 0. The van der Waals surface area contributed by atoms with Crippen LogP contribution in [0.3, 0.4) is 0 Å². The fourth-order valence-electron chi connectivity index (χ4n) is 2.44. The van der Waals surface area contributed by atoms with Crippen LogP contribution in [0.5, 0.6) is 0 Å². The number of rotatable bonds is 6. The second-order valence-electron chi connectivity index (χ2n) is 5.67. The number of non-ortho nitro benzene ring substituents is 2. The third-order valence-electron chi connectivity index (χ3n) is 3.78. The second kappa shape index (κ2) is 8.48. The fraction of sp³-hybridized carbons (Fsp3) is 0. The topological polar surface area (TPSA) is 138 Å². The van der Waals surface area contributed by atoms with Crippen LogP contribution < -0.4 is 0 Å². The summed E-state index contributed by atoms with van der Waals surface area (Å²) >= 11 is 0. The van der Waals surface area contributed by atoms with Gasteiger partial charge in [-0.05, 0) is 12.1 Å². The van der Waals surface area contributed by atoms with Crippen molar-refractivity contribution >= 4 is 23.1 Å². The van der Waals surface area contributed by atoms with Crippen LogP contribution in [0.4, 0.5) is 11.4 Å². The van der Waals surface area contributed by atoms with E-state index >= 15 is 0 Å². The molecule has 0 saturated carbocycles. The standard InChI is InChI=1S/C19H12N4O6/c24-19(15-10-16(22(25)26)12-17(11-15)23(27)28)29-21-18(13-4-2-1-3-5-13)14-6-8-20-9-7-14/h1-12H/b21-18-. The predicted octanol–water partition coefficient (Wildman–Crippen LogP) is 3.51. The van der Waals surface area contributed by atoms with Gasteiger partial charge < -0.3 is 4.84 Å². The average molecular weight is 392 g/mol. The second-order valence-corrected chi connectivity index (χ2v) is 5.67. The van der Waals surface area contributed by atoms with Gasteiger partial charge in [-0.1, -0.05) is 35.5 Å². The molecule has 0 aliphatic carbocycles. The summed E-state index contributed by atoms with van der Waals surface area (Å²) in [6.07, 6.45) is 3.08. The van der Waals surface area contributed by atoms with Crippen LogP contribution in [0.2, 0.25) is 0 Å². The van der Waals surface area contributed by atoms with Gasteiger partial charge in [0.1, 0.15) is 5.71 Å². The Bertz CT molecular complexity index is 1030. The molecule has 10 nitrogen and oxygen atoms in total. The first-order chi connectivity index (χ1) is 14.0. The SMILES string of the molecule is O=C(O/N=C(/c1ccccc1)c1ccncc1)c1cc([N+](=O)[O-])cc([N+](=O)[O-])c1. The Morgan fingerprint density at radius 2 is 1.38 bits per heavy atom. The van der Waals surface area contributed by atoms with Gasteiger partial charge in [0.15, 0.2) is 0 Å². The maximum absolute atomic E-state index is 12.4. The number of carbonyl (C=O) groups excluding carboxylic acids is 1. The molecule has 0 atom stereocenters. The Morgan fingerprint density at radius 1 is 0.828 bits per heavy atom. The van der Waals surface area contributed by atoms with Crippen molar-refractivity contribution in [1.29, 1.82) is 0 Å². The highest BCUT2D eigenvalue weighted by molar-refractivity contribution is 6.12. The zero-order chi connectivity index (χ0) is 20.8. The molecule has 0 aliphatic heterocycles. The summed E-state index contributed by atoms with van der Waals surface area (Å²) in [6, 6.07) is 14.7. The number of nitro groups is 2. The number of carbonyl (C=O) groups is 1. The predicted molar refractivity (Wildman–Crippen MR) is 101 cm³/mol. The first-order valence-corrected chi connectivity index (χ1v) is 8.15. The molecular weight excluding hydrogens is 380 g/mol. The van der Waals surface area contributed by atoms with E-state index in [-0.39, 0.29) is 5.56 Å². The molecule has 0 spiro atoms. The minimum atomic E-state index is -1.07. The lowest BCUT2D eigenvalue weighted by Gasteiger charge is -2.06. The molecule has 0 amide bonds. The molecule has 2 aromatic carbocycles. The lowest BCUT2D eigenvalue weighted by Crippen LogP contribution is -2.08. The van der Waals surface area contributed by atoms with Gasteiger partial charge in [-0.3, -0.25) is 25.2 Å². The van der Waals surface area contributed by atoms with Crippen molar-refractivity contribution in [2.75, 3.05) is 0 Å². The molecule has 1 aromatic heterocycles. The number of nitrogens with zero attached hydrogens (tertiary/aromatic N) is 4. The minimum absolute atomic E-state index is 0.321. The van der Waals surface area contributed by atoms with Gasteiger partial charge >= 0.3 is 5.97 Å². The van der Waals surface area contributed by atoms with E-state index in [1.54, 1.807) is 48.8 Å². The molecule has 0 saturated heterocycles. The number of hydrogen-bond acceptors (Lipinski definition) is 8. The molecule has 144 valence electrons. The lowest BCUT2D eigenvalue weighted by molar-refractivity contribution is -0.394. The summed E-state index contributed by atoms with van der Waals surface area (Å²) in [5, 5.41) is 25.9. The van der Waals surface area contributed by atoms with Crippen LogP contribution in [0.15, 0.2) is 78.2 Å². The molecule has 0 aliphatic rings. The van der Waals surface area contributed by atoms with E-state index in [0.29, 0.717) is 16.8 Å². The van der Waals surface area contributed by atoms with Crippen molar-refractivity contribution in [3.8, 4) is 0 Å². The summed E-state index contributed by atoms with van der Waals surface area (Å²) in [5.41, 5.74) is 0.0127. The summed E-state index contributed by atoms with van der Waals surface area (Å²) in [7, 11) is 0. The van der Waals surface area contributed by atoms with Crippen molar-refractivity contribution in [1.82, 2.24) is 4.98 Å². The minimum Gasteiger partial charge on any atom is -0.312 e. The first-order valence-electron chi connectivity index (χ1n) is 8.15. The first kappa shape index (κ1) is 19.3. The lowest BCUT2D eigenvalue weighted by atomic mass is 10.0. The van der Waals surface area contributed by atoms with Crippen LogP contribution in [0.25, 0.3) is 0 Å². The van der Waals surface area contributed by atoms with Crippen molar-refractivity contribution in [2.45, 2.75) is 0 Å². The monoisotopic (exact) mass is 392 g/mol. The Hall–Kier alpha value is -4.47. The Kier molecular flexibility index (Phi) is 5.64. The summed E-state index contributed by atoms with van der Waals surface area (Å²) in [6.45, 7) is 0.